The molecule has 1 amide bonds. The number of carbonyl (C=O) groups is 1. The normalized spacial score (nSPS) is 11.1. The molecule has 4 rings (SSSR count). The minimum absolute atomic E-state index is 0.191. The van der Waals surface area contributed by atoms with Crippen molar-refractivity contribution in [3.8, 4) is 17.6 Å². The lowest BCUT2D eigenvalue weighted by Crippen LogP contribution is -2.33. The SMILES string of the molecule is COc1cc(C(Nc2ccc(C#N)cc2)C(=O)NCc2ccccc2)ccc1OCc1ccccc1. The average molecular weight is 478 g/mol. The van der Waals surface area contributed by atoms with Crippen LogP contribution in [0.15, 0.2) is 103 Å². The van der Waals surface area contributed by atoms with Gasteiger partial charge in [-0.25, -0.2) is 0 Å². The van der Waals surface area contributed by atoms with Crippen LogP contribution < -0.4 is 20.1 Å². The zero-order valence-electron chi connectivity index (χ0n) is 20.0. The maximum absolute atomic E-state index is 13.3. The monoisotopic (exact) mass is 477 g/mol. The molecule has 0 aliphatic rings. The van der Waals surface area contributed by atoms with Crippen LogP contribution in [0.3, 0.4) is 0 Å². The predicted molar refractivity (Wildman–Crippen MR) is 140 cm³/mol. The van der Waals surface area contributed by atoms with Crippen molar-refractivity contribution in [1.82, 2.24) is 5.32 Å². The fourth-order valence-electron chi connectivity index (χ4n) is 3.71. The zero-order chi connectivity index (χ0) is 25.2. The van der Waals surface area contributed by atoms with Crippen molar-refractivity contribution in [3.05, 3.63) is 125 Å². The van der Waals surface area contributed by atoms with E-state index in [1.54, 1.807) is 31.4 Å². The third kappa shape index (κ3) is 6.43. The molecule has 1 atom stereocenters. The fraction of sp³-hybridized carbons (Fsp3) is 0.133. The Morgan fingerprint density at radius 2 is 1.53 bits per heavy atom. The molecule has 0 heterocycles. The van der Waals surface area contributed by atoms with E-state index in [2.05, 4.69) is 16.7 Å². The first kappa shape index (κ1) is 24.4. The number of benzene rings is 4. The van der Waals surface area contributed by atoms with Crippen molar-refractivity contribution in [2.75, 3.05) is 12.4 Å². The second-order valence-electron chi connectivity index (χ2n) is 8.15. The number of hydrogen-bond donors (Lipinski definition) is 2. The highest BCUT2D eigenvalue weighted by molar-refractivity contribution is 5.86. The molecule has 0 fully saturated rings. The zero-order valence-corrected chi connectivity index (χ0v) is 20.0. The molecule has 6 heteroatoms. The minimum atomic E-state index is -0.696. The number of anilines is 1. The summed E-state index contributed by atoms with van der Waals surface area (Å²) in [5, 5.41) is 15.4. The van der Waals surface area contributed by atoms with Gasteiger partial charge in [-0.1, -0.05) is 66.7 Å². The number of nitriles is 1. The van der Waals surface area contributed by atoms with Crippen molar-refractivity contribution in [3.63, 3.8) is 0 Å². The third-order valence-corrected chi connectivity index (χ3v) is 5.65. The maximum atomic E-state index is 13.3. The molecule has 0 bridgehead atoms. The van der Waals surface area contributed by atoms with Crippen molar-refractivity contribution < 1.29 is 14.3 Å². The second-order valence-corrected chi connectivity index (χ2v) is 8.15. The van der Waals surface area contributed by atoms with Gasteiger partial charge in [-0.2, -0.15) is 5.26 Å². The van der Waals surface area contributed by atoms with Crippen molar-refractivity contribution in [2.45, 2.75) is 19.2 Å². The number of carbonyl (C=O) groups excluding carboxylic acids is 1. The van der Waals surface area contributed by atoms with Crippen LogP contribution in [0.4, 0.5) is 5.69 Å². The average Bonchev–Trinajstić information content (AvgIpc) is 2.95. The highest BCUT2D eigenvalue weighted by atomic mass is 16.5. The first-order valence-electron chi connectivity index (χ1n) is 11.6. The quantitative estimate of drug-likeness (QED) is 0.310. The van der Waals surface area contributed by atoms with E-state index in [4.69, 9.17) is 14.7 Å². The fourth-order valence-corrected chi connectivity index (χ4v) is 3.71. The van der Waals surface area contributed by atoms with E-state index in [0.717, 1.165) is 16.8 Å². The van der Waals surface area contributed by atoms with Crippen LogP contribution in [0, 0.1) is 11.3 Å². The van der Waals surface area contributed by atoms with Gasteiger partial charge in [0, 0.05) is 12.2 Å². The van der Waals surface area contributed by atoms with E-state index in [-0.39, 0.29) is 5.91 Å². The Labute approximate surface area is 211 Å². The van der Waals surface area contributed by atoms with E-state index in [1.165, 1.54) is 0 Å². The Morgan fingerprint density at radius 1 is 0.861 bits per heavy atom. The Morgan fingerprint density at radius 3 is 2.17 bits per heavy atom. The van der Waals surface area contributed by atoms with Crippen LogP contribution in [0.25, 0.3) is 0 Å². The topological polar surface area (TPSA) is 83.4 Å². The van der Waals surface area contributed by atoms with Crippen LogP contribution in [0.2, 0.25) is 0 Å². The summed E-state index contributed by atoms with van der Waals surface area (Å²) in [4.78, 5) is 13.3. The summed E-state index contributed by atoms with van der Waals surface area (Å²) >= 11 is 0. The molecule has 0 spiro atoms. The van der Waals surface area contributed by atoms with Gasteiger partial charge in [-0.05, 0) is 53.1 Å². The molecule has 0 aromatic heterocycles. The van der Waals surface area contributed by atoms with Gasteiger partial charge in [-0.15, -0.1) is 0 Å². The number of methoxy groups -OCH3 is 1. The molecule has 180 valence electrons. The Kier molecular flexibility index (Phi) is 8.18. The summed E-state index contributed by atoms with van der Waals surface area (Å²) in [6.07, 6.45) is 0. The van der Waals surface area contributed by atoms with Gasteiger partial charge < -0.3 is 20.1 Å². The van der Waals surface area contributed by atoms with E-state index >= 15 is 0 Å². The molecule has 4 aromatic carbocycles. The van der Waals surface area contributed by atoms with Crippen molar-refractivity contribution in [1.29, 1.82) is 5.26 Å². The smallest absolute Gasteiger partial charge is 0.247 e. The van der Waals surface area contributed by atoms with Crippen LogP contribution in [0.1, 0.15) is 28.3 Å². The molecule has 6 nitrogen and oxygen atoms in total. The third-order valence-electron chi connectivity index (χ3n) is 5.65. The maximum Gasteiger partial charge on any atom is 0.247 e. The van der Waals surface area contributed by atoms with Crippen LogP contribution in [0.5, 0.6) is 11.5 Å². The number of nitrogens with one attached hydrogen (secondary N) is 2. The number of hydrogen-bond acceptors (Lipinski definition) is 5. The lowest BCUT2D eigenvalue weighted by atomic mass is 10.0. The molecule has 0 aliphatic heterocycles. The molecule has 0 saturated heterocycles. The van der Waals surface area contributed by atoms with Crippen molar-refractivity contribution >= 4 is 11.6 Å². The number of amides is 1. The van der Waals surface area contributed by atoms with Gasteiger partial charge in [0.15, 0.2) is 11.5 Å². The van der Waals surface area contributed by atoms with Crippen LogP contribution >= 0.6 is 0 Å². The summed E-state index contributed by atoms with van der Waals surface area (Å²) < 4.78 is 11.6. The van der Waals surface area contributed by atoms with Gasteiger partial charge in [0.2, 0.25) is 5.91 Å². The molecule has 1 unspecified atom stereocenters. The first-order chi connectivity index (χ1) is 17.7. The molecule has 0 saturated carbocycles. The van der Waals surface area contributed by atoms with Crippen molar-refractivity contribution in [2.24, 2.45) is 0 Å². The van der Waals surface area contributed by atoms with E-state index in [1.807, 2.05) is 78.9 Å². The van der Waals surface area contributed by atoms with Gasteiger partial charge in [0.1, 0.15) is 12.6 Å². The largest absolute Gasteiger partial charge is 0.493 e. The molecule has 0 radical (unpaired) electrons. The summed E-state index contributed by atoms with van der Waals surface area (Å²) in [5.41, 5.74) is 4.03. The molecular weight excluding hydrogens is 450 g/mol. The lowest BCUT2D eigenvalue weighted by molar-refractivity contribution is -0.122. The Bertz CT molecular complexity index is 1320. The number of ether oxygens (including phenoxy) is 2. The molecule has 36 heavy (non-hydrogen) atoms. The lowest BCUT2D eigenvalue weighted by Gasteiger charge is -2.21. The van der Waals surface area contributed by atoms with Gasteiger partial charge in [-0.3, -0.25) is 4.79 Å². The van der Waals surface area contributed by atoms with Crippen LogP contribution in [-0.4, -0.2) is 13.0 Å². The Balaban J connectivity index is 1.56. The van der Waals surface area contributed by atoms with E-state index < -0.39 is 6.04 Å². The Hall–Kier alpha value is -4.76. The van der Waals surface area contributed by atoms with E-state index in [0.29, 0.717) is 35.8 Å². The summed E-state index contributed by atoms with van der Waals surface area (Å²) in [6, 6.07) is 33.5. The summed E-state index contributed by atoms with van der Waals surface area (Å²) in [5.74, 6) is 0.932. The molecular formula is C30H27N3O3. The molecule has 2 N–H and O–H groups in total. The predicted octanol–water partition coefficient (Wildman–Crippen LogP) is 5.62. The van der Waals surface area contributed by atoms with Gasteiger partial charge in [0.25, 0.3) is 0 Å². The van der Waals surface area contributed by atoms with E-state index in [9.17, 15) is 4.79 Å². The second kappa shape index (κ2) is 12.1. The minimum Gasteiger partial charge on any atom is -0.493 e. The highest BCUT2D eigenvalue weighted by Gasteiger charge is 2.22. The highest BCUT2D eigenvalue weighted by Crippen LogP contribution is 2.32. The first-order valence-corrected chi connectivity index (χ1v) is 11.6. The number of nitrogens with zero attached hydrogens (tertiary/aromatic N) is 1. The van der Waals surface area contributed by atoms with Gasteiger partial charge >= 0.3 is 0 Å². The summed E-state index contributed by atoms with van der Waals surface area (Å²) in [7, 11) is 1.58. The molecule has 4 aromatic rings. The number of rotatable bonds is 10. The van der Waals surface area contributed by atoms with Gasteiger partial charge in [0.05, 0.1) is 18.7 Å². The molecule has 0 aliphatic carbocycles. The van der Waals surface area contributed by atoms with Crippen LogP contribution in [-0.2, 0) is 17.9 Å². The summed E-state index contributed by atoms with van der Waals surface area (Å²) in [6.45, 7) is 0.807. The standard InChI is InChI=1S/C30H27N3O3/c1-35-28-18-25(14-17-27(28)36-21-24-10-6-3-7-11-24)29(33-26-15-12-22(19-31)13-16-26)30(34)32-20-23-8-4-2-5-9-23/h2-18,29,33H,20-21H2,1H3,(H,32,34).